The number of nitrogens with zero attached hydrogens (tertiary/aromatic N) is 3. The van der Waals surface area contributed by atoms with Crippen molar-refractivity contribution in [3.8, 4) is 0 Å². The monoisotopic (exact) mass is 495 g/mol. The van der Waals surface area contributed by atoms with Gasteiger partial charge in [-0.2, -0.15) is 4.31 Å². The van der Waals surface area contributed by atoms with E-state index < -0.39 is 10.0 Å². The van der Waals surface area contributed by atoms with Crippen LogP contribution < -0.4 is 0 Å². The average molecular weight is 497 g/mol. The van der Waals surface area contributed by atoms with Crippen LogP contribution in [0, 0.1) is 0 Å². The Hall–Kier alpha value is -0.870. The maximum atomic E-state index is 12.9. The third-order valence-electron chi connectivity index (χ3n) is 4.65. The van der Waals surface area contributed by atoms with E-state index in [1.165, 1.54) is 27.8 Å². The molecule has 1 aliphatic heterocycles. The van der Waals surface area contributed by atoms with Crippen LogP contribution in [0.15, 0.2) is 35.2 Å². The molecule has 0 saturated carbocycles. The van der Waals surface area contributed by atoms with Gasteiger partial charge in [0.05, 0.1) is 27.5 Å². The van der Waals surface area contributed by atoms with Gasteiger partial charge in [-0.15, -0.1) is 11.3 Å². The summed E-state index contributed by atoms with van der Waals surface area (Å²) in [5.74, 6) is -0.0278. The minimum Gasteiger partial charge on any atom is -0.340 e. The van der Waals surface area contributed by atoms with Gasteiger partial charge in [-0.05, 0) is 24.3 Å². The van der Waals surface area contributed by atoms with Gasteiger partial charge in [-0.25, -0.2) is 8.42 Å². The largest absolute Gasteiger partial charge is 0.340 e. The molecule has 2 aromatic rings. The lowest BCUT2D eigenvalue weighted by Gasteiger charge is -2.34. The predicted molar refractivity (Wildman–Crippen MR) is 117 cm³/mol. The maximum Gasteiger partial charge on any atom is 0.246 e. The predicted octanol–water partition coefficient (Wildman–Crippen LogP) is 3.67. The summed E-state index contributed by atoms with van der Waals surface area (Å²) in [4.78, 5) is 17.0. The first-order valence-corrected chi connectivity index (χ1v) is 12.2. The zero-order valence-electron chi connectivity index (χ0n) is 15.6. The van der Waals surface area contributed by atoms with Gasteiger partial charge in [0.25, 0.3) is 0 Å². The number of hydrogen-bond acceptors (Lipinski definition) is 5. The van der Waals surface area contributed by atoms with Crippen molar-refractivity contribution in [2.24, 2.45) is 0 Å². The van der Waals surface area contributed by atoms with Gasteiger partial charge in [0.15, 0.2) is 0 Å². The molecule has 0 radical (unpaired) electrons. The van der Waals surface area contributed by atoms with Gasteiger partial charge in [0, 0.05) is 38.1 Å². The Kier molecular flexibility index (Phi) is 7.48. The van der Waals surface area contributed by atoms with E-state index in [1.54, 1.807) is 18.0 Å². The molecule has 158 valence electrons. The zero-order valence-corrected chi connectivity index (χ0v) is 19.5. The van der Waals surface area contributed by atoms with E-state index in [1.807, 2.05) is 17.0 Å². The van der Waals surface area contributed by atoms with Crippen molar-refractivity contribution in [1.29, 1.82) is 0 Å². The van der Waals surface area contributed by atoms with Crippen LogP contribution in [-0.4, -0.2) is 68.2 Å². The fraction of sp³-hybridized carbons (Fsp3) is 0.389. The Balaban J connectivity index is 1.57. The summed E-state index contributed by atoms with van der Waals surface area (Å²) in [6.45, 7) is 2.16. The quantitative estimate of drug-likeness (QED) is 0.612. The van der Waals surface area contributed by atoms with Crippen LogP contribution in [0.1, 0.15) is 4.88 Å². The standard InChI is InChI=1S/C18H20Cl3N3O3S2/c1-22(11-13-5-6-16(21)28-13)17(25)12-23-7-9-24(10-8-23)29(26,27)18-14(19)3-2-4-15(18)20/h2-6H,7-12H2,1H3. The summed E-state index contributed by atoms with van der Waals surface area (Å²) >= 11 is 19.5. The lowest BCUT2D eigenvalue weighted by Crippen LogP contribution is -2.51. The number of piperazine rings is 1. The van der Waals surface area contributed by atoms with Crippen LogP contribution in [0.25, 0.3) is 0 Å². The SMILES string of the molecule is CN(Cc1ccc(Cl)s1)C(=O)CN1CCN(S(=O)(=O)c2c(Cl)cccc2Cl)CC1. The summed E-state index contributed by atoms with van der Waals surface area (Å²) in [6.07, 6.45) is 0. The Morgan fingerprint density at radius 1 is 1.07 bits per heavy atom. The van der Waals surface area contributed by atoms with Crippen molar-refractivity contribution in [1.82, 2.24) is 14.1 Å². The fourth-order valence-corrected chi connectivity index (χ4v) is 6.71. The molecule has 1 amide bonds. The minimum absolute atomic E-state index is 0.0278. The molecule has 1 fully saturated rings. The summed E-state index contributed by atoms with van der Waals surface area (Å²) in [7, 11) is -2.05. The second-order valence-corrected chi connectivity index (χ2v) is 11.2. The van der Waals surface area contributed by atoms with Crippen LogP contribution in [0.3, 0.4) is 0 Å². The molecule has 2 heterocycles. The van der Waals surface area contributed by atoms with Gasteiger partial charge < -0.3 is 4.90 Å². The number of halogens is 3. The number of carbonyl (C=O) groups excluding carboxylic acids is 1. The van der Waals surface area contributed by atoms with E-state index in [0.717, 1.165) is 4.88 Å². The molecule has 0 aliphatic carbocycles. The normalized spacial score (nSPS) is 16.1. The molecule has 6 nitrogen and oxygen atoms in total. The molecule has 11 heteroatoms. The Bertz CT molecular complexity index is 969. The number of rotatable bonds is 6. The molecular formula is C18H20Cl3N3O3S2. The lowest BCUT2D eigenvalue weighted by atomic mass is 10.3. The van der Waals surface area contributed by atoms with Gasteiger partial charge >= 0.3 is 0 Å². The Labute approximate surface area is 189 Å². The van der Waals surface area contributed by atoms with Crippen LogP contribution in [-0.2, 0) is 21.4 Å². The second-order valence-electron chi connectivity index (χ2n) is 6.69. The van der Waals surface area contributed by atoms with Crippen LogP contribution in [0.5, 0.6) is 0 Å². The number of likely N-dealkylation sites (N-methyl/N-ethyl adjacent to an activating group) is 1. The molecule has 1 aliphatic rings. The van der Waals surface area contributed by atoms with E-state index in [2.05, 4.69) is 0 Å². The Morgan fingerprint density at radius 3 is 2.24 bits per heavy atom. The molecule has 29 heavy (non-hydrogen) atoms. The topological polar surface area (TPSA) is 60.9 Å². The highest BCUT2D eigenvalue weighted by Gasteiger charge is 2.32. The lowest BCUT2D eigenvalue weighted by molar-refractivity contribution is -0.131. The van der Waals surface area contributed by atoms with Crippen molar-refractivity contribution in [3.63, 3.8) is 0 Å². The van der Waals surface area contributed by atoms with Crippen molar-refractivity contribution in [3.05, 3.63) is 49.6 Å². The van der Waals surface area contributed by atoms with Crippen molar-refractivity contribution in [2.45, 2.75) is 11.4 Å². The molecule has 1 aromatic carbocycles. The number of benzene rings is 1. The van der Waals surface area contributed by atoms with Crippen LogP contribution in [0.2, 0.25) is 14.4 Å². The molecule has 1 saturated heterocycles. The second kappa shape index (κ2) is 9.51. The molecule has 0 unspecified atom stereocenters. The van der Waals surface area contributed by atoms with Crippen LogP contribution in [0.4, 0.5) is 0 Å². The molecular weight excluding hydrogens is 477 g/mol. The highest BCUT2D eigenvalue weighted by molar-refractivity contribution is 7.89. The molecule has 0 atom stereocenters. The number of carbonyl (C=O) groups is 1. The van der Waals surface area contributed by atoms with Gasteiger partial charge in [-0.3, -0.25) is 9.69 Å². The van der Waals surface area contributed by atoms with E-state index in [-0.39, 0.29) is 40.5 Å². The number of hydrogen-bond donors (Lipinski definition) is 0. The van der Waals surface area contributed by atoms with Crippen molar-refractivity contribution >= 4 is 62.1 Å². The first-order chi connectivity index (χ1) is 13.7. The minimum atomic E-state index is -3.79. The summed E-state index contributed by atoms with van der Waals surface area (Å²) in [5, 5.41) is 0.204. The van der Waals surface area contributed by atoms with Gasteiger partial charge in [0.1, 0.15) is 4.90 Å². The first-order valence-electron chi connectivity index (χ1n) is 8.83. The van der Waals surface area contributed by atoms with E-state index >= 15 is 0 Å². The molecule has 0 bridgehead atoms. The molecule has 0 N–H and O–H groups in total. The van der Waals surface area contributed by atoms with E-state index in [0.29, 0.717) is 24.0 Å². The number of sulfonamides is 1. The van der Waals surface area contributed by atoms with Gasteiger partial charge in [-0.1, -0.05) is 40.9 Å². The highest BCUT2D eigenvalue weighted by Crippen LogP contribution is 2.31. The number of thiophene rings is 1. The van der Waals surface area contributed by atoms with Gasteiger partial charge in [0.2, 0.25) is 15.9 Å². The van der Waals surface area contributed by atoms with E-state index in [4.69, 9.17) is 34.8 Å². The third-order valence-corrected chi connectivity index (χ3v) is 8.73. The van der Waals surface area contributed by atoms with Crippen molar-refractivity contribution in [2.75, 3.05) is 39.8 Å². The summed E-state index contributed by atoms with van der Waals surface area (Å²) in [6, 6.07) is 8.33. The van der Waals surface area contributed by atoms with E-state index in [9.17, 15) is 13.2 Å². The maximum absolute atomic E-state index is 12.9. The smallest absolute Gasteiger partial charge is 0.246 e. The summed E-state index contributed by atoms with van der Waals surface area (Å²) in [5.41, 5.74) is 0. The molecule has 0 spiro atoms. The van der Waals surface area contributed by atoms with Crippen LogP contribution >= 0.6 is 46.1 Å². The first kappa shape index (κ1) is 22.8. The average Bonchev–Trinajstić information content (AvgIpc) is 3.06. The number of amides is 1. The molecule has 1 aromatic heterocycles. The highest BCUT2D eigenvalue weighted by atomic mass is 35.5. The fourth-order valence-electron chi connectivity index (χ4n) is 3.06. The van der Waals surface area contributed by atoms with Crippen molar-refractivity contribution < 1.29 is 13.2 Å². The third kappa shape index (κ3) is 5.44. The summed E-state index contributed by atoms with van der Waals surface area (Å²) < 4.78 is 27.9. The Morgan fingerprint density at radius 2 is 1.69 bits per heavy atom. The zero-order chi connectivity index (χ0) is 21.2. The molecule has 3 rings (SSSR count).